The summed E-state index contributed by atoms with van der Waals surface area (Å²) in [5.41, 5.74) is 0. The lowest BCUT2D eigenvalue weighted by atomic mass is 10.2. The zero-order chi connectivity index (χ0) is 29.9. The van der Waals surface area contributed by atoms with Gasteiger partial charge in [0.25, 0.3) is 0 Å². The second kappa shape index (κ2) is 19.0. The van der Waals surface area contributed by atoms with Crippen molar-refractivity contribution in [3.8, 4) is 0 Å². The third-order valence-corrected chi connectivity index (χ3v) is 4.95. The van der Waals surface area contributed by atoms with Crippen LogP contribution in [0.5, 0.6) is 0 Å². The Labute approximate surface area is 236 Å². The summed E-state index contributed by atoms with van der Waals surface area (Å²) in [5.74, 6) is 5.34. The van der Waals surface area contributed by atoms with Crippen LogP contribution in [0.4, 0.5) is 0 Å². The van der Waals surface area contributed by atoms with Crippen molar-refractivity contribution in [2.24, 2.45) is 0 Å². The van der Waals surface area contributed by atoms with E-state index in [0.29, 0.717) is 29.7 Å². The summed E-state index contributed by atoms with van der Waals surface area (Å²) in [6.45, 7) is 20.7. The van der Waals surface area contributed by atoms with Gasteiger partial charge in [0.2, 0.25) is 0 Å². The number of hydrogen-bond acceptors (Lipinski definition) is 10. The molecule has 0 fully saturated rings. The molecule has 220 valence electrons. The second-order valence-corrected chi connectivity index (χ2v) is 10.2. The van der Waals surface area contributed by atoms with E-state index in [0.717, 1.165) is 23.3 Å². The Balaban J connectivity index is 0.000000250. The van der Waals surface area contributed by atoms with Crippen LogP contribution in [0.3, 0.4) is 0 Å². The molecule has 0 atom stereocenters. The summed E-state index contributed by atoms with van der Waals surface area (Å²) in [7, 11) is 0. The maximum atomic E-state index is 4.98. The quantitative estimate of drug-likeness (QED) is 0.251. The Morgan fingerprint density at radius 2 is 1.48 bits per heavy atom. The summed E-state index contributed by atoms with van der Waals surface area (Å²) in [4.78, 5) is 11.0. The van der Waals surface area contributed by atoms with Crippen LogP contribution in [0.2, 0.25) is 0 Å². The fourth-order valence-electron chi connectivity index (χ4n) is 2.53. The molecule has 13 heteroatoms. The van der Waals surface area contributed by atoms with E-state index in [4.69, 9.17) is 8.94 Å². The molecule has 0 aliphatic heterocycles. The van der Waals surface area contributed by atoms with Crippen molar-refractivity contribution in [1.82, 2.24) is 55.5 Å². The van der Waals surface area contributed by atoms with Crippen molar-refractivity contribution < 1.29 is 8.94 Å². The van der Waals surface area contributed by atoms with Gasteiger partial charge in [0.05, 0.1) is 12.4 Å². The summed E-state index contributed by atoms with van der Waals surface area (Å²) < 4.78 is 11.8. The number of oxazole rings is 1. The number of hydrogen-bond donors (Lipinski definition) is 2. The van der Waals surface area contributed by atoms with Crippen molar-refractivity contribution in [1.29, 1.82) is 0 Å². The van der Waals surface area contributed by atoms with Crippen LogP contribution in [-0.2, 0) is 0 Å². The average Bonchev–Trinajstić information content (AvgIpc) is 3.74. The fourth-order valence-corrected chi connectivity index (χ4v) is 2.53. The zero-order valence-corrected chi connectivity index (χ0v) is 25.3. The van der Waals surface area contributed by atoms with Gasteiger partial charge in [0.1, 0.15) is 30.5 Å². The molecule has 5 rings (SSSR count). The highest BCUT2D eigenvalue weighted by Gasteiger charge is 2.02. The van der Waals surface area contributed by atoms with E-state index in [1.807, 2.05) is 44.5 Å². The average molecular weight is 556 g/mol. The molecular formula is C27H45N11O2. The molecule has 0 spiro atoms. The van der Waals surface area contributed by atoms with Crippen molar-refractivity contribution in [3.63, 3.8) is 0 Å². The molecule has 2 N–H and O–H groups in total. The second-order valence-electron chi connectivity index (χ2n) is 10.2. The first-order valence-electron chi connectivity index (χ1n) is 13.4. The Bertz CT molecular complexity index is 942. The van der Waals surface area contributed by atoms with Crippen LogP contribution in [0, 0.1) is 0 Å². The zero-order valence-electron chi connectivity index (χ0n) is 25.3. The van der Waals surface area contributed by atoms with Crippen molar-refractivity contribution in [2.75, 3.05) is 0 Å². The maximum absolute atomic E-state index is 4.98. The topological polar surface area (TPSA) is 166 Å². The van der Waals surface area contributed by atoms with E-state index in [2.05, 4.69) is 92.5 Å². The standard InChI is InChI=1S/C6H10N2.2C6H9NO.C5H9N3.C4H8N4/c2*1-5(2)6-7-3-4-8-6;1-5(2)6-3-4-7-8-6;1-5(2)8-3-6-7-4-8;1-3(2)4-5-7-8-6-4/h3-5H,1-2H3,(H,7,8);3*3-5H,1-2H3;3H,1-2H3,(H,5,6,7,8). The van der Waals surface area contributed by atoms with E-state index in [1.165, 1.54) is 0 Å². The minimum atomic E-state index is 0.369. The lowest BCUT2D eigenvalue weighted by Crippen LogP contribution is -1.95. The molecule has 0 aromatic carbocycles. The van der Waals surface area contributed by atoms with Gasteiger partial charge in [0, 0.05) is 48.2 Å². The van der Waals surface area contributed by atoms with E-state index < -0.39 is 0 Å². The number of imidazole rings is 1. The van der Waals surface area contributed by atoms with Gasteiger partial charge in [-0.05, 0) is 13.8 Å². The fraction of sp³-hybridized carbons (Fsp3) is 0.556. The van der Waals surface area contributed by atoms with Crippen LogP contribution in [-0.4, -0.2) is 55.5 Å². The summed E-state index contributed by atoms with van der Waals surface area (Å²) in [6, 6.07) is 2.36. The number of nitrogens with one attached hydrogen (secondary N) is 2. The number of aromatic nitrogens is 11. The third kappa shape index (κ3) is 14.1. The first-order chi connectivity index (χ1) is 19.0. The molecule has 13 nitrogen and oxygen atoms in total. The number of rotatable bonds is 5. The molecule has 0 aliphatic carbocycles. The number of H-pyrrole nitrogens is 2. The third-order valence-electron chi connectivity index (χ3n) is 4.95. The molecule has 5 aromatic rings. The van der Waals surface area contributed by atoms with Gasteiger partial charge in [0.15, 0.2) is 11.7 Å². The van der Waals surface area contributed by atoms with Crippen LogP contribution in [0.25, 0.3) is 0 Å². The van der Waals surface area contributed by atoms with Crippen LogP contribution in [0.1, 0.15) is 122 Å². The molecule has 0 saturated heterocycles. The number of tetrazole rings is 1. The molecule has 40 heavy (non-hydrogen) atoms. The smallest absolute Gasteiger partial charge is 0.196 e. The van der Waals surface area contributed by atoms with Crippen LogP contribution >= 0.6 is 0 Å². The van der Waals surface area contributed by atoms with E-state index in [9.17, 15) is 0 Å². The predicted molar refractivity (Wildman–Crippen MR) is 153 cm³/mol. The monoisotopic (exact) mass is 555 g/mol. The normalized spacial score (nSPS) is 10.4. The van der Waals surface area contributed by atoms with Gasteiger partial charge in [-0.2, -0.15) is 5.21 Å². The van der Waals surface area contributed by atoms with E-state index in [-0.39, 0.29) is 0 Å². The van der Waals surface area contributed by atoms with Crippen LogP contribution in [0.15, 0.2) is 58.7 Å². The van der Waals surface area contributed by atoms with E-state index >= 15 is 0 Å². The molecule has 0 radical (unpaired) electrons. The van der Waals surface area contributed by atoms with Crippen LogP contribution < -0.4 is 0 Å². The van der Waals surface area contributed by atoms with Gasteiger partial charge < -0.3 is 18.5 Å². The molecule has 0 aliphatic rings. The van der Waals surface area contributed by atoms with Crippen molar-refractivity contribution in [2.45, 2.75) is 99.0 Å². The summed E-state index contributed by atoms with van der Waals surface area (Å²) in [5, 5.41) is 24.2. The Morgan fingerprint density at radius 3 is 1.73 bits per heavy atom. The van der Waals surface area contributed by atoms with Crippen molar-refractivity contribution >= 4 is 0 Å². The van der Waals surface area contributed by atoms with Gasteiger partial charge in [-0.15, -0.1) is 20.4 Å². The Kier molecular flexibility index (Phi) is 16.1. The molecule has 0 bridgehead atoms. The highest BCUT2D eigenvalue weighted by molar-refractivity contribution is 4.97. The van der Waals surface area contributed by atoms with Gasteiger partial charge in [-0.25, -0.2) is 9.97 Å². The maximum Gasteiger partial charge on any atom is 0.196 e. The first-order valence-corrected chi connectivity index (χ1v) is 13.4. The Hall–Kier alpha value is -4.16. The highest BCUT2D eigenvalue weighted by atomic mass is 16.5. The van der Waals surface area contributed by atoms with Gasteiger partial charge in [-0.1, -0.05) is 65.8 Å². The highest BCUT2D eigenvalue weighted by Crippen LogP contribution is 2.11. The lowest BCUT2D eigenvalue weighted by Gasteiger charge is -2.01. The summed E-state index contributed by atoms with van der Waals surface area (Å²) >= 11 is 0. The minimum absolute atomic E-state index is 0.369. The summed E-state index contributed by atoms with van der Waals surface area (Å²) in [6.07, 6.45) is 12.0. The molecule has 5 aromatic heterocycles. The molecule has 5 heterocycles. The lowest BCUT2D eigenvalue weighted by molar-refractivity contribution is 0.371. The van der Waals surface area contributed by atoms with Crippen molar-refractivity contribution in [3.05, 3.63) is 73.1 Å². The molecule has 0 amide bonds. The number of aromatic amines is 2. The predicted octanol–water partition coefficient (Wildman–Crippen LogP) is 6.31. The SMILES string of the molecule is CC(C)c1ccno1.CC(C)c1ncc[nH]1.CC(C)c1ncco1.CC(C)c1nn[nH]n1.CC(C)n1cnnc1. The molecular weight excluding hydrogens is 510 g/mol. The van der Waals surface area contributed by atoms with Gasteiger partial charge >= 0.3 is 0 Å². The minimum Gasteiger partial charge on any atom is -0.449 e. The Morgan fingerprint density at radius 1 is 0.775 bits per heavy atom. The molecule has 0 saturated carbocycles. The largest absolute Gasteiger partial charge is 0.449 e. The van der Waals surface area contributed by atoms with E-state index in [1.54, 1.807) is 37.5 Å². The molecule has 0 unspecified atom stereocenters. The number of nitrogens with zero attached hydrogens (tertiary/aromatic N) is 9. The van der Waals surface area contributed by atoms with Gasteiger partial charge in [-0.3, -0.25) is 0 Å². The first kappa shape index (κ1) is 33.9.